The van der Waals surface area contributed by atoms with Gasteiger partial charge in [-0.3, -0.25) is 0 Å². The molecule has 0 radical (unpaired) electrons. The molecule has 1 fully saturated rings. The third kappa shape index (κ3) is 5.20. The summed E-state index contributed by atoms with van der Waals surface area (Å²) in [6, 6.07) is 7.35. The number of allylic oxidation sites excluding steroid dienone is 6. The second-order valence-corrected chi connectivity index (χ2v) is 10.5. The minimum atomic E-state index is -4.39. The van der Waals surface area contributed by atoms with Gasteiger partial charge in [-0.2, -0.15) is 18.3 Å². The molecule has 10 heteroatoms. The largest absolute Gasteiger partial charge is 0.400 e. The molecule has 0 bridgehead atoms. The van der Waals surface area contributed by atoms with E-state index in [-0.39, 0.29) is 29.0 Å². The summed E-state index contributed by atoms with van der Waals surface area (Å²) in [4.78, 5) is 4.85. The minimum absolute atomic E-state index is 0.00921. The lowest BCUT2D eigenvalue weighted by Gasteiger charge is -2.43. The molecule has 1 saturated carbocycles. The third-order valence-corrected chi connectivity index (χ3v) is 8.38. The van der Waals surface area contributed by atoms with Gasteiger partial charge in [0.05, 0.1) is 11.1 Å². The van der Waals surface area contributed by atoms with Crippen molar-refractivity contribution in [1.29, 1.82) is 0 Å². The van der Waals surface area contributed by atoms with E-state index in [1.807, 2.05) is 54.0 Å². The van der Waals surface area contributed by atoms with Gasteiger partial charge >= 0.3 is 6.18 Å². The molecule has 1 aromatic carbocycles. The number of hydrazone groups is 1. The van der Waals surface area contributed by atoms with Crippen LogP contribution >= 0.6 is 35.0 Å². The number of imidazole rings is 1. The van der Waals surface area contributed by atoms with Crippen LogP contribution in [-0.4, -0.2) is 26.1 Å². The van der Waals surface area contributed by atoms with Gasteiger partial charge in [0.15, 0.2) is 0 Å². The van der Waals surface area contributed by atoms with Crippen LogP contribution in [0.3, 0.4) is 0 Å². The molecule has 1 unspecified atom stereocenters. The van der Waals surface area contributed by atoms with Crippen LogP contribution in [0.1, 0.15) is 36.5 Å². The molecule has 1 atom stereocenters. The number of nitrogens with zero attached hydrogens (tertiary/aromatic N) is 3. The Kier molecular flexibility index (Phi) is 7.74. The fourth-order valence-electron chi connectivity index (χ4n) is 4.34. The molecule has 186 valence electrons. The standard InChI is InChI=1S/C25H25Cl2F3N4S/c1-16-21(15-35-23(33-31)24(12-5-13-24)25(28,29)30)32-22(14-17-6-3-2-4-7-20(17)27)34(16)19-10-8-18(26)9-11-19/h2-4,6-11,20H,5,12-15,31H2,1H3/b33-23-. The van der Waals surface area contributed by atoms with E-state index in [1.165, 1.54) is 0 Å². The average molecular weight is 541 g/mol. The van der Waals surface area contributed by atoms with E-state index in [2.05, 4.69) is 5.10 Å². The molecule has 4 nitrogen and oxygen atoms in total. The molecular weight excluding hydrogens is 516 g/mol. The molecule has 35 heavy (non-hydrogen) atoms. The van der Waals surface area contributed by atoms with Crippen LogP contribution < -0.4 is 5.84 Å². The van der Waals surface area contributed by atoms with Gasteiger partial charge in [0.1, 0.15) is 16.3 Å². The Morgan fingerprint density at radius 2 is 1.94 bits per heavy atom. The zero-order chi connectivity index (χ0) is 25.2. The third-order valence-electron chi connectivity index (χ3n) is 6.51. The molecule has 0 spiro atoms. The molecule has 2 aromatic rings. The van der Waals surface area contributed by atoms with Gasteiger partial charge in [0.2, 0.25) is 0 Å². The highest BCUT2D eigenvalue weighted by molar-refractivity contribution is 8.13. The predicted molar refractivity (Wildman–Crippen MR) is 138 cm³/mol. The highest BCUT2D eigenvalue weighted by Gasteiger charge is 2.61. The Bertz CT molecular complexity index is 1190. The summed E-state index contributed by atoms with van der Waals surface area (Å²) in [6.45, 7) is 1.91. The van der Waals surface area contributed by atoms with Crippen LogP contribution in [0.4, 0.5) is 13.2 Å². The van der Waals surface area contributed by atoms with Crippen LogP contribution in [0.15, 0.2) is 65.3 Å². The van der Waals surface area contributed by atoms with Crippen molar-refractivity contribution in [3.05, 3.63) is 82.5 Å². The molecule has 0 saturated heterocycles. The second-order valence-electron chi connectivity index (χ2n) is 8.62. The minimum Gasteiger partial charge on any atom is -0.322 e. The summed E-state index contributed by atoms with van der Waals surface area (Å²) >= 11 is 13.7. The number of hydrogen-bond donors (Lipinski definition) is 1. The lowest BCUT2D eigenvalue weighted by molar-refractivity contribution is -0.219. The Labute approximate surface area is 216 Å². The summed E-state index contributed by atoms with van der Waals surface area (Å²) in [6.07, 6.45) is 6.20. The number of hydrogen-bond acceptors (Lipinski definition) is 4. The van der Waals surface area contributed by atoms with Crippen molar-refractivity contribution in [2.75, 3.05) is 0 Å². The first-order valence-corrected chi connectivity index (χ1v) is 12.9. The Hall–Kier alpha value is -2.16. The first-order valence-electron chi connectivity index (χ1n) is 11.1. The highest BCUT2D eigenvalue weighted by atomic mass is 35.5. The van der Waals surface area contributed by atoms with Gasteiger partial charge in [0.25, 0.3) is 0 Å². The summed E-state index contributed by atoms with van der Waals surface area (Å²) in [7, 11) is 0. The highest BCUT2D eigenvalue weighted by Crippen LogP contribution is 2.56. The van der Waals surface area contributed by atoms with Crippen molar-refractivity contribution in [2.24, 2.45) is 16.4 Å². The molecule has 2 N–H and O–H groups in total. The van der Waals surface area contributed by atoms with E-state index in [9.17, 15) is 13.2 Å². The van der Waals surface area contributed by atoms with E-state index in [0.29, 0.717) is 23.6 Å². The van der Waals surface area contributed by atoms with Crippen molar-refractivity contribution in [3.63, 3.8) is 0 Å². The molecule has 4 rings (SSSR count). The maximum Gasteiger partial charge on any atom is 0.400 e. The van der Waals surface area contributed by atoms with Gasteiger partial charge in [-0.15, -0.1) is 23.4 Å². The molecule has 1 heterocycles. The smallest absolute Gasteiger partial charge is 0.322 e. The van der Waals surface area contributed by atoms with E-state index < -0.39 is 11.6 Å². The summed E-state index contributed by atoms with van der Waals surface area (Å²) < 4.78 is 43.5. The van der Waals surface area contributed by atoms with Crippen molar-refractivity contribution < 1.29 is 13.2 Å². The fourth-order valence-corrected chi connectivity index (χ4v) is 5.92. The summed E-state index contributed by atoms with van der Waals surface area (Å²) in [5.74, 6) is 6.41. The van der Waals surface area contributed by atoms with E-state index in [1.54, 1.807) is 12.1 Å². The number of thioether (sulfide) groups is 1. The predicted octanol–water partition coefficient (Wildman–Crippen LogP) is 7.27. The summed E-state index contributed by atoms with van der Waals surface area (Å²) in [5.41, 5.74) is 1.37. The van der Waals surface area contributed by atoms with Crippen LogP contribution in [0.25, 0.3) is 5.69 Å². The first-order chi connectivity index (χ1) is 16.7. The van der Waals surface area contributed by atoms with Gasteiger partial charge in [-0.25, -0.2) is 4.98 Å². The molecule has 0 amide bonds. The average Bonchev–Trinajstić information content (AvgIpc) is 2.93. The molecular formula is C25H25Cl2F3N4S. The zero-order valence-corrected chi connectivity index (χ0v) is 21.4. The van der Waals surface area contributed by atoms with Crippen molar-refractivity contribution in [2.45, 2.75) is 49.9 Å². The molecule has 2 aliphatic rings. The van der Waals surface area contributed by atoms with Crippen LogP contribution in [0.2, 0.25) is 5.02 Å². The Balaban J connectivity index is 1.67. The lowest BCUT2D eigenvalue weighted by atomic mass is 9.69. The maximum atomic E-state index is 13.8. The van der Waals surface area contributed by atoms with Gasteiger partial charge < -0.3 is 10.4 Å². The van der Waals surface area contributed by atoms with E-state index in [0.717, 1.165) is 34.5 Å². The topological polar surface area (TPSA) is 56.2 Å². The van der Waals surface area contributed by atoms with Gasteiger partial charge in [-0.1, -0.05) is 48.4 Å². The van der Waals surface area contributed by atoms with Gasteiger partial charge in [-0.05, 0) is 49.6 Å². The van der Waals surface area contributed by atoms with Crippen LogP contribution in [0.5, 0.6) is 0 Å². The van der Waals surface area contributed by atoms with E-state index >= 15 is 0 Å². The second kappa shape index (κ2) is 10.4. The number of nitrogens with two attached hydrogens (primary N) is 1. The number of rotatable bonds is 6. The first kappa shape index (κ1) is 25.9. The quantitative estimate of drug-likeness (QED) is 0.138. The Morgan fingerprint density at radius 3 is 2.54 bits per heavy atom. The van der Waals surface area contributed by atoms with E-state index in [4.69, 9.17) is 34.0 Å². The monoisotopic (exact) mass is 540 g/mol. The number of alkyl halides is 4. The van der Waals surface area contributed by atoms with Crippen molar-refractivity contribution >= 4 is 40.0 Å². The number of halogens is 5. The van der Waals surface area contributed by atoms with Crippen molar-refractivity contribution in [3.8, 4) is 5.69 Å². The molecule has 0 aliphatic heterocycles. The molecule has 1 aromatic heterocycles. The summed E-state index contributed by atoms with van der Waals surface area (Å²) in [5, 5.41) is 3.80. The Morgan fingerprint density at radius 1 is 1.23 bits per heavy atom. The zero-order valence-electron chi connectivity index (χ0n) is 19.0. The lowest BCUT2D eigenvalue weighted by Crippen LogP contribution is -2.49. The van der Waals surface area contributed by atoms with Crippen LogP contribution in [-0.2, 0) is 12.2 Å². The maximum absolute atomic E-state index is 13.8. The van der Waals surface area contributed by atoms with Crippen LogP contribution in [0, 0.1) is 12.3 Å². The SMILES string of the molecule is Cc1c(CS/C(=N\N)C2(C(F)(F)F)CCC2)nc(CC2=CC=CC=CC2Cl)n1-c1ccc(Cl)cc1. The number of benzene rings is 1. The number of aromatic nitrogens is 2. The van der Waals surface area contributed by atoms with Crippen molar-refractivity contribution in [1.82, 2.24) is 9.55 Å². The fraction of sp³-hybridized carbons (Fsp3) is 0.360. The molecule has 2 aliphatic carbocycles. The normalized spacial score (nSPS) is 19.9. The van der Waals surface area contributed by atoms with Gasteiger partial charge in [0, 0.05) is 28.6 Å².